The highest BCUT2D eigenvalue weighted by molar-refractivity contribution is 6.31. The van der Waals surface area contributed by atoms with E-state index in [2.05, 4.69) is 10.6 Å². The highest BCUT2D eigenvalue weighted by Crippen LogP contribution is 2.21. The number of anilines is 1. The summed E-state index contributed by atoms with van der Waals surface area (Å²) in [6, 6.07) is 15.3. The molecular formula is C21H19ClN2O4. The fourth-order valence-corrected chi connectivity index (χ4v) is 2.56. The van der Waals surface area contributed by atoms with E-state index in [0.717, 1.165) is 5.56 Å². The second kappa shape index (κ2) is 9.10. The van der Waals surface area contributed by atoms with E-state index in [1.165, 1.54) is 0 Å². The van der Waals surface area contributed by atoms with Gasteiger partial charge in [0.15, 0.2) is 6.61 Å². The maximum absolute atomic E-state index is 12.1. The molecule has 0 atom stereocenters. The molecular weight excluding hydrogens is 380 g/mol. The topological polar surface area (TPSA) is 80.6 Å². The Morgan fingerprint density at radius 1 is 1.11 bits per heavy atom. The number of rotatable bonds is 7. The van der Waals surface area contributed by atoms with E-state index in [1.54, 1.807) is 60.9 Å². The normalized spacial score (nSPS) is 10.4. The summed E-state index contributed by atoms with van der Waals surface area (Å²) in [4.78, 5) is 24.2. The minimum absolute atomic E-state index is 0.132. The molecule has 0 bridgehead atoms. The molecule has 0 saturated heterocycles. The first-order chi connectivity index (χ1) is 13.5. The van der Waals surface area contributed by atoms with Gasteiger partial charge in [-0.05, 0) is 67.1 Å². The second-order valence-corrected chi connectivity index (χ2v) is 6.49. The van der Waals surface area contributed by atoms with Gasteiger partial charge in [0.1, 0.15) is 11.5 Å². The van der Waals surface area contributed by atoms with E-state index in [4.69, 9.17) is 20.8 Å². The molecule has 2 N–H and O–H groups in total. The molecule has 2 aromatic carbocycles. The lowest BCUT2D eigenvalue weighted by Crippen LogP contribution is -2.23. The van der Waals surface area contributed by atoms with Gasteiger partial charge >= 0.3 is 0 Å². The molecule has 28 heavy (non-hydrogen) atoms. The first-order valence-electron chi connectivity index (χ1n) is 8.61. The van der Waals surface area contributed by atoms with Crippen LogP contribution in [0.3, 0.4) is 0 Å². The van der Waals surface area contributed by atoms with Gasteiger partial charge in [0.2, 0.25) is 0 Å². The average Bonchev–Trinajstić information content (AvgIpc) is 3.21. The van der Waals surface area contributed by atoms with E-state index < -0.39 is 0 Å². The summed E-state index contributed by atoms with van der Waals surface area (Å²) in [7, 11) is 0. The molecule has 1 heterocycles. The Morgan fingerprint density at radius 3 is 2.57 bits per heavy atom. The third-order valence-corrected chi connectivity index (χ3v) is 4.36. The van der Waals surface area contributed by atoms with Gasteiger partial charge < -0.3 is 19.8 Å². The zero-order valence-corrected chi connectivity index (χ0v) is 16.0. The molecule has 3 aromatic rings. The molecule has 0 spiro atoms. The molecule has 0 radical (unpaired) electrons. The van der Waals surface area contributed by atoms with Gasteiger partial charge in [-0.15, -0.1) is 0 Å². The van der Waals surface area contributed by atoms with Crippen LogP contribution in [-0.4, -0.2) is 18.4 Å². The Kier molecular flexibility index (Phi) is 6.34. The fourth-order valence-electron chi connectivity index (χ4n) is 2.44. The van der Waals surface area contributed by atoms with Gasteiger partial charge in [0.25, 0.3) is 11.8 Å². The van der Waals surface area contributed by atoms with Crippen LogP contribution in [0.15, 0.2) is 65.3 Å². The van der Waals surface area contributed by atoms with Crippen LogP contribution in [0.25, 0.3) is 0 Å². The molecule has 1 aromatic heterocycles. The van der Waals surface area contributed by atoms with E-state index in [-0.39, 0.29) is 18.4 Å². The summed E-state index contributed by atoms with van der Waals surface area (Å²) in [5, 5.41) is 6.12. The van der Waals surface area contributed by atoms with Gasteiger partial charge in [-0.1, -0.05) is 11.6 Å². The van der Waals surface area contributed by atoms with Crippen LogP contribution in [0.4, 0.5) is 5.69 Å². The fraction of sp³-hybridized carbons (Fsp3) is 0.143. The lowest BCUT2D eigenvalue weighted by molar-refractivity contribution is -0.118. The number of carbonyl (C=O) groups excluding carboxylic acids is 2. The minimum atomic E-state index is -0.303. The van der Waals surface area contributed by atoms with Gasteiger partial charge in [0.05, 0.1) is 12.8 Å². The number of aryl methyl sites for hydroxylation is 1. The van der Waals surface area contributed by atoms with E-state index >= 15 is 0 Å². The van der Waals surface area contributed by atoms with Crippen molar-refractivity contribution in [2.24, 2.45) is 0 Å². The smallest absolute Gasteiger partial charge is 0.262 e. The van der Waals surface area contributed by atoms with Crippen molar-refractivity contribution in [3.05, 3.63) is 82.8 Å². The molecule has 144 valence electrons. The molecule has 2 amide bonds. The third kappa shape index (κ3) is 5.37. The van der Waals surface area contributed by atoms with E-state index in [1.807, 2.05) is 6.92 Å². The van der Waals surface area contributed by atoms with Crippen molar-refractivity contribution in [2.45, 2.75) is 13.5 Å². The first-order valence-corrected chi connectivity index (χ1v) is 8.98. The van der Waals surface area contributed by atoms with E-state index in [9.17, 15) is 9.59 Å². The highest BCUT2D eigenvalue weighted by atomic mass is 35.5. The molecule has 0 aliphatic rings. The Labute approximate surface area is 167 Å². The molecule has 0 unspecified atom stereocenters. The number of hydrogen-bond acceptors (Lipinski definition) is 4. The van der Waals surface area contributed by atoms with Gasteiger partial charge in [-0.2, -0.15) is 0 Å². The standard InChI is InChI=1S/C21H19ClN2O4/c1-14-11-17(8-9-19(14)22)28-13-20(25)24-16-6-4-15(5-7-16)21(26)23-12-18-3-2-10-27-18/h2-11H,12-13H2,1H3,(H,23,26)(H,24,25). The summed E-state index contributed by atoms with van der Waals surface area (Å²) in [5.41, 5.74) is 1.93. The van der Waals surface area contributed by atoms with Crippen LogP contribution < -0.4 is 15.4 Å². The Hall–Kier alpha value is -3.25. The summed E-state index contributed by atoms with van der Waals surface area (Å²) in [5.74, 6) is 0.715. The van der Waals surface area contributed by atoms with Crippen LogP contribution >= 0.6 is 11.6 Å². The number of halogens is 1. The van der Waals surface area contributed by atoms with Crippen molar-refractivity contribution >= 4 is 29.1 Å². The monoisotopic (exact) mass is 398 g/mol. The van der Waals surface area contributed by atoms with Crippen LogP contribution in [0.2, 0.25) is 5.02 Å². The number of ether oxygens (including phenoxy) is 1. The van der Waals surface area contributed by atoms with Crippen molar-refractivity contribution in [1.82, 2.24) is 5.32 Å². The Morgan fingerprint density at radius 2 is 1.89 bits per heavy atom. The van der Waals surface area contributed by atoms with Crippen molar-refractivity contribution < 1.29 is 18.7 Å². The Bertz CT molecular complexity index is 953. The maximum Gasteiger partial charge on any atom is 0.262 e. The largest absolute Gasteiger partial charge is 0.484 e. The summed E-state index contributed by atoms with van der Waals surface area (Å²) < 4.78 is 10.6. The summed E-state index contributed by atoms with van der Waals surface area (Å²) >= 11 is 5.96. The molecule has 3 rings (SSSR count). The van der Waals surface area contributed by atoms with Crippen LogP contribution in [-0.2, 0) is 11.3 Å². The van der Waals surface area contributed by atoms with E-state index in [0.29, 0.717) is 34.3 Å². The van der Waals surface area contributed by atoms with Crippen molar-refractivity contribution in [2.75, 3.05) is 11.9 Å². The number of furan rings is 1. The minimum Gasteiger partial charge on any atom is -0.484 e. The van der Waals surface area contributed by atoms with Crippen LogP contribution in [0.5, 0.6) is 5.75 Å². The third-order valence-electron chi connectivity index (χ3n) is 3.93. The molecule has 0 aliphatic carbocycles. The number of amides is 2. The summed E-state index contributed by atoms with van der Waals surface area (Å²) in [6.07, 6.45) is 1.55. The highest BCUT2D eigenvalue weighted by Gasteiger charge is 2.08. The quantitative estimate of drug-likeness (QED) is 0.625. The first kappa shape index (κ1) is 19.5. The predicted molar refractivity (Wildman–Crippen MR) is 107 cm³/mol. The molecule has 0 fully saturated rings. The number of nitrogens with one attached hydrogen (secondary N) is 2. The lowest BCUT2D eigenvalue weighted by atomic mass is 10.2. The molecule has 7 heteroatoms. The van der Waals surface area contributed by atoms with Gasteiger partial charge in [0, 0.05) is 16.3 Å². The molecule has 0 saturated carbocycles. The predicted octanol–water partition coefficient (Wildman–Crippen LogP) is 4.19. The second-order valence-electron chi connectivity index (χ2n) is 6.09. The number of benzene rings is 2. The van der Waals surface area contributed by atoms with Crippen molar-refractivity contribution in [1.29, 1.82) is 0 Å². The Balaban J connectivity index is 1.48. The van der Waals surface area contributed by atoms with Crippen molar-refractivity contribution in [3.63, 3.8) is 0 Å². The lowest BCUT2D eigenvalue weighted by Gasteiger charge is -2.09. The van der Waals surface area contributed by atoms with Gasteiger partial charge in [-0.25, -0.2) is 0 Å². The summed E-state index contributed by atoms with van der Waals surface area (Å²) in [6.45, 7) is 2.04. The zero-order valence-electron chi connectivity index (χ0n) is 15.2. The van der Waals surface area contributed by atoms with Crippen molar-refractivity contribution in [3.8, 4) is 5.75 Å². The average molecular weight is 399 g/mol. The molecule has 0 aliphatic heterocycles. The zero-order chi connectivity index (χ0) is 19.9. The van der Waals surface area contributed by atoms with Crippen LogP contribution in [0.1, 0.15) is 21.7 Å². The SMILES string of the molecule is Cc1cc(OCC(=O)Nc2ccc(C(=O)NCc3ccco3)cc2)ccc1Cl. The molecule has 6 nitrogen and oxygen atoms in total. The number of carbonyl (C=O) groups is 2. The van der Waals surface area contributed by atoms with Crippen LogP contribution in [0, 0.1) is 6.92 Å². The maximum atomic E-state index is 12.1. The number of hydrogen-bond donors (Lipinski definition) is 2. The van der Waals surface area contributed by atoms with Gasteiger partial charge in [-0.3, -0.25) is 9.59 Å².